The predicted octanol–water partition coefficient (Wildman–Crippen LogP) is 1.19. The van der Waals surface area contributed by atoms with Crippen LogP contribution >= 0.6 is 0 Å². The Morgan fingerprint density at radius 3 is 2.50 bits per heavy atom. The highest BCUT2D eigenvalue weighted by Gasteiger charge is 2.30. The molecule has 7 heteroatoms. The number of benzene rings is 2. The Bertz CT molecular complexity index is 965. The lowest BCUT2D eigenvalue weighted by molar-refractivity contribution is -0.917. The number of carbonyl (C=O) groups excluding carboxylic acids is 2. The maximum Gasteiger partial charge on any atom is 0.271 e. The van der Waals surface area contributed by atoms with E-state index in [4.69, 9.17) is 0 Å². The Labute approximate surface area is 175 Å². The highest BCUT2D eigenvalue weighted by molar-refractivity contribution is 6.01. The van der Waals surface area contributed by atoms with E-state index in [0.717, 1.165) is 36.4 Å². The molecule has 2 aliphatic heterocycles. The summed E-state index contributed by atoms with van der Waals surface area (Å²) in [5, 5.41) is 1.47. The summed E-state index contributed by atoms with van der Waals surface area (Å²) < 4.78 is 13.1. The first-order chi connectivity index (χ1) is 14.5. The number of aryl methyl sites for hydroxylation is 1. The number of hydrogen-bond donors (Lipinski definition) is 2. The van der Waals surface area contributed by atoms with Gasteiger partial charge in [0.15, 0.2) is 0 Å². The number of anilines is 1. The van der Waals surface area contributed by atoms with E-state index in [9.17, 15) is 14.0 Å². The number of halogens is 1. The lowest BCUT2D eigenvalue weighted by Gasteiger charge is -2.35. The first-order valence-electron chi connectivity index (χ1n) is 10.2. The summed E-state index contributed by atoms with van der Waals surface area (Å²) in [6.07, 6.45) is 1.87. The van der Waals surface area contributed by atoms with Crippen molar-refractivity contribution in [2.45, 2.75) is 19.9 Å². The third-order valence-corrected chi connectivity index (χ3v) is 5.67. The first-order valence-corrected chi connectivity index (χ1v) is 10.2. The minimum absolute atomic E-state index is 0.0816. The van der Waals surface area contributed by atoms with Crippen molar-refractivity contribution in [3.63, 3.8) is 0 Å². The summed E-state index contributed by atoms with van der Waals surface area (Å²) in [5.74, 6) is -0.396. The molecule has 2 heterocycles. The number of carbonyl (C=O) groups is 2. The average molecular weight is 409 g/mol. The fraction of sp³-hybridized carbons (Fsp3) is 0.304. The minimum Gasteiger partial charge on any atom is -0.328 e. The van der Waals surface area contributed by atoms with Crippen molar-refractivity contribution in [3.05, 3.63) is 77.2 Å². The van der Waals surface area contributed by atoms with Crippen molar-refractivity contribution in [3.8, 4) is 0 Å². The largest absolute Gasteiger partial charge is 0.328 e. The number of para-hydroxylation sites is 1. The van der Waals surface area contributed by atoms with Gasteiger partial charge in [-0.15, -0.1) is 0 Å². The van der Waals surface area contributed by atoms with Gasteiger partial charge < -0.3 is 9.80 Å². The molecule has 2 aromatic rings. The molecule has 0 aliphatic carbocycles. The third-order valence-electron chi connectivity index (χ3n) is 5.67. The molecule has 2 N–H and O–H groups in total. The third kappa shape index (κ3) is 4.36. The number of amides is 2. The molecular weight excluding hydrogens is 383 g/mol. The molecule has 0 bridgehead atoms. The zero-order valence-electron chi connectivity index (χ0n) is 17.0. The number of hydrogen-bond acceptors (Lipinski definition) is 3. The number of rotatable bonds is 4. The van der Waals surface area contributed by atoms with Gasteiger partial charge in [0.1, 0.15) is 18.1 Å². The average Bonchev–Trinajstić information content (AvgIpc) is 2.76. The van der Waals surface area contributed by atoms with Crippen LogP contribution in [0.3, 0.4) is 0 Å². The molecule has 0 atom stereocenters. The summed E-state index contributed by atoms with van der Waals surface area (Å²) in [6.45, 7) is 5.71. The van der Waals surface area contributed by atoms with E-state index in [2.05, 4.69) is 5.43 Å². The molecule has 30 heavy (non-hydrogen) atoms. The van der Waals surface area contributed by atoms with E-state index >= 15 is 0 Å². The number of hydrazine groups is 1. The molecule has 2 amide bonds. The Hall–Kier alpha value is -3.19. The molecule has 0 radical (unpaired) electrons. The summed E-state index contributed by atoms with van der Waals surface area (Å²) in [6, 6.07) is 14.2. The van der Waals surface area contributed by atoms with Gasteiger partial charge in [-0.2, -0.15) is 0 Å². The lowest BCUT2D eigenvalue weighted by Crippen LogP contribution is -3.13. The first kappa shape index (κ1) is 20.1. The Balaban J connectivity index is 1.36. The van der Waals surface area contributed by atoms with Crippen molar-refractivity contribution in [2.75, 3.05) is 31.2 Å². The Kier molecular flexibility index (Phi) is 5.81. The highest BCUT2D eigenvalue weighted by atomic mass is 19.1. The summed E-state index contributed by atoms with van der Waals surface area (Å²) in [4.78, 5) is 28.6. The standard InChI is InChI=1S/C23H25FN4O2/c1-17-4-2-3-5-21(17)28-22(29)11-10-20(25-28)23(30)27-14-12-26(13-15-27)16-18-6-8-19(24)9-7-18/h2-10,25H,11-16H2,1H3/p+1. The van der Waals surface area contributed by atoms with Gasteiger partial charge in [0, 0.05) is 12.0 Å². The van der Waals surface area contributed by atoms with E-state index in [0.29, 0.717) is 18.8 Å². The van der Waals surface area contributed by atoms with Crippen LogP contribution in [0.4, 0.5) is 10.1 Å². The van der Waals surface area contributed by atoms with Crippen LogP contribution in [0.5, 0.6) is 0 Å². The number of nitrogens with one attached hydrogen (secondary N) is 2. The van der Waals surface area contributed by atoms with Gasteiger partial charge in [0.2, 0.25) is 5.91 Å². The predicted molar refractivity (Wildman–Crippen MR) is 112 cm³/mol. The van der Waals surface area contributed by atoms with Gasteiger partial charge in [-0.05, 0) is 36.8 Å². The van der Waals surface area contributed by atoms with Crippen molar-refractivity contribution >= 4 is 17.5 Å². The quantitative estimate of drug-likeness (QED) is 0.798. The van der Waals surface area contributed by atoms with Crippen LogP contribution < -0.4 is 15.3 Å². The SMILES string of the molecule is Cc1ccccc1N1NC(C(=O)N2CC[NH+](Cc3ccc(F)cc3)CC2)=CCC1=O. The maximum atomic E-state index is 13.1. The van der Waals surface area contributed by atoms with E-state index < -0.39 is 0 Å². The zero-order chi connectivity index (χ0) is 21.1. The number of quaternary nitrogens is 1. The van der Waals surface area contributed by atoms with Gasteiger partial charge in [0.05, 0.1) is 31.9 Å². The van der Waals surface area contributed by atoms with Crippen LogP contribution in [0.25, 0.3) is 0 Å². The van der Waals surface area contributed by atoms with Crippen LogP contribution in [0.15, 0.2) is 60.3 Å². The van der Waals surface area contributed by atoms with Crippen LogP contribution in [0.2, 0.25) is 0 Å². The van der Waals surface area contributed by atoms with Crippen molar-refractivity contribution in [1.29, 1.82) is 0 Å². The van der Waals surface area contributed by atoms with Crippen LogP contribution in [-0.4, -0.2) is 42.9 Å². The monoisotopic (exact) mass is 409 g/mol. The number of piperazine rings is 1. The second-order valence-electron chi connectivity index (χ2n) is 7.79. The van der Waals surface area contributed by atoms with Gasteiger partial charge in [-0.1, -0.05) is 30.3 Å². The van der Waals surface area contributed by atoms with E-state index in [1.54, 1.807) is 6.08 Å². The molecular formula is C23H26FN4O2+. The smallest absolute Gasteiger partial charge is 0.271 e. The normalized spacial score (nSPS) is 17.5. The van der Waals surface area contributed by atoms with Crippen molar-refractivity contribution < 1.29 is 18.9 Å². The zero-order valence-corrected chi connectivity index (χ0v) is 17.0. The Morgan fingerprint density at radius 2 is 1.80 bits per heavy atom. The van der Waals surface area contributed by atoms with E-state index in [1.165, 1.54) is 22.0 Å². The highest BCUT2D eigenvalue weighted by Crippen LogP contribution is 2.22. The Morgan fingerprint density at radius 1 is 1.10 bits per heavy atom. The van der Waals surface area contributed by atoms with E-state index in [-0.39, 0.29) is 24.1 Å². The molecule has 0 spiro atoms. The van der Waals surface area contributed by atoms with Crippen LogP contribution in [-0.2, 0) is 16.1 Å². The molecule has 0 aromatic heterocycles. The molecule has 2 aliphatic rings. The van der Waals surface area contributed by atoms with Crippen molar-refractivity contribution in [1.82, 2.24) is 10.3 Å². The molecule has 4 rings (SSSR count). The summed E-state index contributed by atoms with van der Waals surface area (Å²) in [7, 11) is 0. The van der Waals surface area contributed by atoms with Crippen LogP contribution in [0.1, 0.15) is 17.5 Å². The summed E-state index contributed by atoms with van der Waals surface area (Å²) >= 11 is 0. The fourth-order valence-electron chi connectivity index (χ4n) is 3.92. The molecule has 6 nitrogen and oxygen atoms in total. The second-order valence-corrected chi connectivity index (χ2v) is 7.79. The van der Waals surface area contributed by atoms with Crippen molar-refractivity contribution in [2.24, 2.45) is 0 Å². The summed E-state index contributed by atoms with van der Waals surface area (Å²) in [5.41, 5.74) is 6.28. The van der Waals surface area contributed by atoms with E-state index in [1.807, 2.05) is 48.2 Å². The second kappa shape index (κ2) is 8.67. The minimum atomic E-state index is -0.226. The molecule has 2 aromatic carbocycles. The van der Waals surface area contributed by atoms with Gasteiger partial charge >= 0.3 is 0 Å². The molecule has 1 fully saturated rings. The molecule has 0 saturated carbocycles. The van der Waals surface area contributed by atoms with Gasteiger partial charge in [-0.25, -0.2) is 9.40 Å². The molecule has 156 valence electrons. The molecule has 0 unspecified atom stereocenters. The fourth-order valence-corrected chi connectivity index (χ4v) is 3.92. The maximum absolute atomic E-state index is 13.1. The number of nitrogens with zero attached hydrogens (tertiary/aromatic N) is 2. The topological polar surface area (TPSA) is 57.1 Å². The lowest BCUT2D eigenvalue weighted by atomic mass is 10.1. The molecule has 1 saturated heterocycles. The van der Waals surface area contributed by atoms with Crippen LogP contribution in [0, 0.1) is 12.7 Å². The van der Waals surface area contributed by atoms with Gasteiger partial charge in [0.25, 0.3) is 5.91 Å². The van der Waals surface area contributed by atoms with Gasteiger partial charge in [-0.3, -0.25) is 15.0 Å².